The first-order chi connectivity index (χ1) is 11.2. The highest BCUT2D eigenvalue weighted by atomic mass is 35.5. The maximum absolute atomic E-state index is 11.9. The van der Waals surface area contributed by atoms with Gasteiger partial charge in [0.25, 0.3) is 5.56 Å². The molecule has 0 fully saturated rings. The molecule has 3 heterocycles. The molecule has 0 bridgehead atoms. The molecule has 0 unspecified atom stereocenters. The van der Waals surface area contributed by atoms with Crippen LogP contribution in [0.4, 0.5) is 0 Å². The van der Waals surface area contributed by atoms with Gasteiger partial charge in [-0.05, 0) is 30.2 Å². The van der Waals surface area contributed by atoms with Crippen LogP contribution in [0.25, 0.3) is 27.7 Å². The van der Waals surface area contributed by atoms with Gasteiger partial charge >= 0.3 is 0 Å². The molecule has 0 radical (unpaired) electrons. The van der Waals surface area contributed by atoms with E-state index in [1.54, 1.807) is 16.9 Å². The van der Waals surface area contributed by atoms with Crippen molar-refractivity contribution in [3.63, 3.8) is 0 Å². The highest BCUT2D eigenvalue weighted by molar-refractivity contribution is 6.30. The van der Waals surface area contributed by atoms with Crippen LogP contribution in [0.1, 0.15) is 12.6 Å². The van der Waals surface area contributed by atoms with Crippen LogP contribution < -0.4 is 5.56 Å². The monoisotopic (exact) mass is 324 g/mol. The van der Waals surface area contributed by atoms with Gasteiger partial charge in [0.15, 0.2) is 5.65 Å². The number of nitrogens with one attached hydrogen (secondary N) is 1. The third-order valence-corrected chi connectivity index (χ3v) is 4.14. The molecule has 1 N–H and O–H groups in total. The maximum atomic E-state index is 11.9. The Morgan fingerprint density at radius 1 is 1.30 bits per heavy atom. The zero-order valence-electron chi connectivity index (χ0n) is 12.4. The van der Waals surface area contributed by atoms with Crippen LogP contribution >= 0.6 is 11.6 Å². The SMILES string of the molecule is CCc1nn2c(ncc3c(=O)[nH]ccc32)c1-c1cccc(Cl)c1. The summed E-state index contributed by atoms with van der Waals surface area (Å²) in [5.41, 5.74) is 4.14. The van der Waals surface area contributed by atoms with Gasteiger partial charge in [-0.15, -0.1) is 0 Å². The molecule has 0 amide bonds. The zero-order valence-corrected chi connectivity index (χ0v) is 13.1. The smallest absolute Gasteiger partial charge is 0.258 e. The molecule has 0 spiro atoms. The second-order valence-electron chi connectivity index (χ2n) is 5.28. The molecule has 6 heteroatoms. The lowest BCUT2D eigenvalue weighted by atomic mass is 10.0. The van der Waals surface area contributed by atoms with Crippen LogP contribution in [0, 0.1) is 0 Å². The van der Waals surface area contributed by atoms with E-state index in [1.807, 2.05) is 37.3 Å². The van der Waals surface area contributed by atoms with Crippen LogP contribution in [0.3, 0.4) is 0 Å². The normalized spacial score (nSPS) is 11.4. The number of pyridine rings is 1. The van der Waals surface area contributed by atoms with Crippen molar-refractivity contribution in [3.8, 4) is 11.1 Å². The van der Waals surface area contributed by atoms with E-state index in [-0.39, 0.29) is 5.56 Å². The average Bonchev–Trinajstić information content (AvgIpc) is 2.94. The van der Waals surface area contributed by atoms with Gasteiger partial charge in [0.2, 0.25) is 0 Å². The number of fused-ring (bicyclic) bond motifs is 3. The van der Waals surface area contributed by atoms with E-state index < -0.39 is 0 Å². The van der Waals surface area contributed by atoms with Gasteiger partial charge < -0.3 is 4.98 Å². The summed E-state index contributed by atoms with van der Waals surface area (Å²) >= 11 is 6.13. The molecule has 0 aliphatic rings. The topological polar surface area (TPSA) is 63.1 Å². The van der Waals surface area contributed by atoms with Gasteiger partial charge in [-0.2, -0.15) is 5.10 Å². The van der Waals surface area contributed by atoms with E-state index in [2.05, 4.69) is 15.1 Å². The first-order valence-corrected chi connectivity index (χ1v) is 7.71. The van der Waals surface area contributed by atoms with Crippen LogP contribution in [0.15, 0.2) is 47.5 Å². The highest BCUT2D eigenvalue weighted by Gasteiger charge is 2.17. The second-order valence-corrected chi connectivity index (χ2v) is 5.72. The second kappa shape index (κ2) is 5.21. The Labute approximate surface area is 136 Å². The number of benzene rings is 1. The molecule has 3 aromatic heterocycles. The van der Waals surface area contributed by atoms with Crippen molar-refractivity contribution in [3.05, 3.63) is 63.8 Å². The molecule has 0 aliphatic heterocycles. The summed E-state index contributed by atoms with van der Waals surface area (Å²) in [7, 11) is 0. The lowest BCUT2D eigenvalue weighted by Gasteiger charge is -2.03. The van der Waals surface area contributed by atoms with Gasteiger partial charge in [0.1, 0.15) is 0 Å². The molecule has 0 saturated heterocycles. The van der Waals surface area contributed by atoms with E-state index in [4.69, 9.17) is 11.6 Å². The number of halogens is 1. The van der Waals surface area contributed by atoms with Crippen LogP contribution in [-0.4, -0.2) is 19.6 Å². The molecule has 1 aromatic carbocycles. The van der Waals surface area contributed by atoms with Gasteiger partial charge in [-0.1, -0.05) is 30.7 Å². The van der Waals surface area contributed by atoms with Crippen molar-refractivity contribution in [2.45, 2.75) is 13.3 Å². The first kappa shape index (κ1) is 14.0. The fraction of sp³-hybridized carbons (Fsp3) is 0.118. The van der Waals surface area contributed by atoms with Crippen molar-refractivity contribution in [2.24, 2.45) is 0 Å². The summed E-state index contributed by atoms with van der Waals surface area (Å²) in [4.78, 5) is 19.1. The summed E-state index contributed by atoms with van der Waals surface area (Å²) in [6.45, 7) is 2.05. The molecule has 0 atom stereocenters. The maximum Gasteiger partial charge on any atom is 0.258 e. The van der Waals surface area contributed by atoms with Crippen molar-refractivity contribution in [2.75, 3.05) is 0 Å². The number of H-pyrrole nitrogens is 1. The largest absolute Gasteiger partial charge is 0.328 e. The minimum absolute atomic E-state index is 0.172. The lowest BCUT2D eigenvalue weighted by molar-refractivity contribution is 0.915. The van der Waals surface area contributed by atoms with Crippen LogP contribution in [0.2, 0.25) is 5.02 Å². The molecule has 23 heavy (non-hydrogen) atoms. The fourth-order valence-electron chi connectivity index (χ4n) is 2.84. The molecule has 4 aromatic rings. The quantitative estimate of drug-likeness (QED) is 0.614. The molecule has 114 valence electrons. The number of hydrogen-bond acceptors (Lipinski definition) is 3. The van der Waals surface area contributed by atoms with E-state index in [0.717, 1.165) is 34.4 Å². The predicted molar refractivity (Wildman–Crippen MR) is 90.9 cm³/mol. The third kappa shape index (κ3) is 2.12. The van der Waals surface area contributed by atoms with E-state index in [1.165, 1.54) is 0 Å². The van der Waals surface area contributed by atoms with Crippen molar-refractivity contribution >= 4 is 28.2 Å². The van der Waals surface area contributed by atoms with Gasteiger partial charge in [-0.25, -0.2) is 9.50 Å². The predicted octanol–water partition coefficient (Wildman–Crippen LogP) is 3.45. The Morgan fingerprint density at radius 2 is 2.17 bits per heavy atom. The zero-order chi connectivity index (χ0) is 16.0. The summed E-state index contributed by atoms with van der Waals surface area (Å²) < 4.78 is 1.74. The van der Waals surface area contributed by atoms with Gasteiger partial charge in [0, 0.05) is 23.0 Å². The first-order valence-electron chi connectivity index (χ1n) is 7.33. The molecule has 0 aliphatic carbocycles. The average molecular weight is 325 g/mol. The minimum atomic E-state index is -0.172. The molecule has 0 saturated carbocycles. The fourth-order valence-corrected chi connectivity index (χ4v) is 3.03. The Bertz CT molecular complexity index is 1100. The highest BCUT2D eigenvalue weighted by Crippen LogP contribution is 2.30. The third-order valence-electron chi connectivity index (χ3n) is 3.90. The Kier molecular flexibility index (Phi) is 3.16. The molecular formula is C17H13ClN4O. The van der Waals surface area contributed by atoms with Crippen molar-refractivity contribution in [1.29, 1.82) is 0 Å². The van der Waals surface area contributed by atoms with Crippen molar-refractivity contribution in [1.82, 2.24) is 19.6 Å². The number of nitrogens with zero attached hydrogens (tertiary/aromatic N) is 3. The van der Waals surface area contributed by atoms with Crippen LogP contribution in [0.5, 0.6) is 0 Å². The number of hydrogen-bond donors (Lipinski definition) is 1. The molecule has 4 rings (SSSR count). The lowest BCUT2D eigenvalue weighted by Crippen LogP contribution is -2.07. The van der Waals surface area contributed by atoms with Crippen molar-refractivity contribution < 1.29 is 0 Å². The van der Waals surface area contributed by atoms with E-state index >= 15 is 0 Å². The van der Waals surface area contributed by atoms with E-state index in [9.17, 15) is 4.79 Å². The molecule has 5 nitrogen and oxygen atoms in total. The van der Waals surface area contributed by atoms with Gasteiger partial charge in [-0.3, -0.25) is 4.79 Å². The number of aromatic nitrogens is 4. The van der Waals surface area contributed by atoms with Crippen LogP contribution in [-0.2, 0) is 6.42 Å². The van der Waals surface area contributed by atoms with Gasteiger partial charge in [0.05, 0.1) is 16.6 Å². The minimum Gasteiger partial charge on any atom is -0.328 e. The number of aryl methyl sites for hydroxylation is 1. The number of rotatable bonds is 2. The summed E-state index contributed by atoms with van der Waals surface area (Å²) in [6, 6.07) is 9.48. The Hall–Kier alpha value is -2.66. The summed E-state index contributed by atoms with van der Waals surface area (Å²) in [5, 5.41) is 5.85. The summed E-state index contributed by atoms with van der Waals surface area (Å²) in [5.74, 6) is 0. The Morgan fingerprint density at radius 3 is 2.96 bits per heavy atom. The Balaban J connectivity index is 2.14. The summed E-state index contributed by atoms with van der Waals surface area (Å²) in [6.07, 6.45) is 3.98. The standard InChI is InChI=1S/C17H13ClN4O/c1-2-13-15(10-4-3-5-11(18)8-10)16-20-9-12-14(22(16)21-13)6-7-19-17(12)23/h3-9H,2H2,1H3,(H,19,23). The molecular weight excluding hydrogens is 312 g/mol. The number of aromatic amines is 1. The van der Waals surface area contributed by atoms with E-state index in [0.29, 0.717) is 10.4 Å².